The van der Waals surface area contributed by atoms with Crippen molar-refractivity contribution in [2.24, 2.45) is 0 Å². The van der Waals surface area contributed by atoms with Crippen molar-refractivity contribution >= 4 is 24.7 Å². The van der Waals surface area contributed by atoms with Crippen LogP contribution in [-0.4, -0.2) is 34.1 Å². The summed E-state index contributed by atoms with van der Waals surface area (Å²) < 4.78 is 14.8. The molecular weight excluding hydrogens is 342 g/mol. The second-order valence-electron chi connectivity index (χ2n) is 6.62. The van der Waals surface area contributed by atoms with Gasteiger partial charge in [0.25, 0.3) is 5.91 Å². The summed E-state index contributed by atoms with van der Waals surface area (Å²) in [5, 5.41) is 7.90. The summed E-state index contributed by atoms with van der Waals surface area (Å²) in [6, 6.07) is 5.93. The van der Waals surface area contributed by atoms with Crippen LogP contribution in [0, 0.1) is 5.82 Å². The second-order valence-corrected chi connectivity index (χ2v) is 6.62. The third-order valence-corrected chi connectivity index (χ3v) is 4.34. The van der Waals surface area contributed by atoms with Crippen LogP contribution in [0.5, 0.6) is 0 Å². The van der Waals surface area contributed by atoms with E-state index in [1.165, 1.54) is 24.3 Å². The summed E-state index contributed by atoms with van der Waals surface area (Å²) >= 11 is 0. The number of rotatable bonds is 5. The fourth-order valence-electron chi connectivity index (χ4n) is 2.67. The van der Waals surface area contributed by atoms with Crippen molar-refractivity contribution in [2.45, 2.75) is 19.4 Å². The lowest BCUT2D eigenvalue weighted by Gasteiger charge is -2.27. The van der Waals surface area contributed by atoms with E-state index in [0.717, 1.165) is 0 Å². The number of benzene rings is 1. The molecule has 1 N–H and O–H groups in total. The highest BCUT2D eigenvalue weighted by Gasteiger charge is 2.24. The Balaban J connectivity index is 1.98. The maximum atomic E-state index is 13.2. The first-order valence-corrected chi connectivity index (χ1v) is 8.31. The number of amides is 1. The SMILES string of the molecule is [B]C=CC(=C)C(C)(C)NC(=O)c1cncc2c1cnn2-c1ccc(F)cc1. The third-order valence-electron chi connectivity index (χ3n) is 4.34. The van der Waals surface area contributed by atoms with Gasteiger partial charge in [0, 0.05) is 11.6 Å². The number of carbonyl (C=O) groups is 1. The van der Waals surface area contributed by atoms with Crippen molar-refractivity contribution in [1.82, 2.24) is 20.1 Å². The molecule has 1 amide bonds. The van der Waals surface area contributed by atoms with E-state index in [-0.39, 0.29) is 11.7 Å². The quantitative estimate of drug-likeness (QED) is 0.561. The van der Waals surface area contributed by atoms with Crippen molar-refractivity contribution in [3.8, 4) is 5.69 Å². The Hall–Kier alpha value is -3.22. The summed E-state index contributed by atoms with van der Waals surface area (Å²) in [5.41, 5.74) is 1.68. The summed E-state index contributed by atoms with van der Waals surface area (Å²) in [4.78, 5) is 17.0. The van der Waals surface area contributed by atoms with Crippen LogP contribution in [0.25, 0.3) is 16.6 Å². The van der Waals surface area contributed by atoms with Gasteiger partial charge in [0.1, 0.15) is 13.7 Å². The fraction of sp³-hybridized carbons (Fsp3) is 0.150. The first-order valence-electron chi connectivity index (χ1n) is 8.31. The first-order chi connectivity index (χ1) is 12.8. The fourth-order valence-corrected chi connectivity index (χ4v) is 2.67. The Morgan fingerprint density at radius 1 is 1.26 bits per heavy atom. The van der Waals surface area contributed by atoms with Crippen LogP contribution in [0.1, 0.15) is 24.2 Å². The highest BCUT2D eigenvalue weighted by molar-refractivity contribution is 6.17. The highest BCUT2D eigenvalue weighted by atomic mass is 19.1. The predicted molar refractivity (Wildman–Crippen MR) is 104 cm³/mol. The highest BCUT2D eigenvalue weighted by Crippen LogP contribution is 2.22. The van der Waals surface area contributed by atoms with E-state index in [0.29, 0.717) is 27.7 Å². The molecule has 2 aromatic heterocycles. The largest absolute Gasteiger partial charge is 0.343 e. The zero-order valence-corrected chi connectivity index (χ0v) is 15.1. The van der Waals surface area contributed by atoms with Gasteiger partial charge in [-0.1, -0.05) is 12.7 Å². The molecule has 0 aliphatic carbocycles. The van der Waals surface area contributed by atoms with Gasteiger partial charge in [-0.25, -0.2) is 9.07 Å². The smallest absolute Gasteiger partial charge is 0.254 e. The van der Waals surface area contributed by atoms with Crippen molar-refractivity contribution in [3.05, 3.63) is 78.4 Å². The van der Waals surface area contributed by atoms with Crippen molar-refractivity contribution in [3.63, 3.8) is 0 Å². The zero-order chi connectivity index (χ0) is 19.6. The molecule has 0 atom stereocenters. The molecule has 0 unspecified atom stereocenters. The Morgan fingerprint density at radius 3 is 2.63 bits per heavy atom. The number of hydrogen-bond donors (Lipinski definition) is 1. The van der Waals surface area contributed by atoms with Crippen LogP contribution in [0.3, 0.4) is 0 Å². The number of nitrogens with zero attached hydrogens (tertiary/aromatic N) is 3. The van der Waals surface area contributed by atoms with Gasteiger partial charge in [0.2, 0.25) is 0 Å². The molecule has 27 heavy (non-hydrogen) atoms. The van der Waals surface area contributed by atoms with E-state index in [1.807, 2.05) is 13.8 Å². The maximum absolute atomic E-state index is 13.2. The van der Waals surface area contributed by atoms with Crippen LogP contribution in [0.15, 0.2) is 67.1 Å². The van der Waals surface area contributed by atoms with E-state index < -0.39 is 5.54 Å². The molecule has 1 aromatic carbocycles. The Kier molecular flexibility index (Phi) is 4.94. The maximum Gasteiger partial charge on any atom is 0.254 e. The number of hydrogen-bond acceptors (Lipinski definition) is 3. The molecule has 0 saturated heterocycles. The lowest BCUT2D eigenvalue weighted by Crippen LogP contribution is -2.44. The molecule has 0 spiro atoms. The molecule has 0 saturated carbocycles. The van der Waals surface area contributed by atoms with Crippen LogP contribution >= 0.6 is 0 Å². The third kappa shape index (κ3) is 3.67. The standard InChI is InChI=1S/C20H18BFN4O/c1-13(8-9-21)20(2,3)25-19(27)17-10-23-12-18-16(17)11-24-26(18)15-6-4-14(22)5-7-15/h4-12H,1H2,2-3H3,(H,25,27). The molecule has 0 aliphatic heterocycles. The van der Waals surface area contributed by atoms with Crippen molar-refractivity contribution in [2.75, 3.05) is 0 Å². The Bertz CT molecular complexity index is 1040. The molecule has 7 heteroatoms. The molecule has 5 nitrogen and oxygen atoms in total. The average Bonchev–Trinajstić information content (AvgIpc) is 3.06. The number of pyridine rings is 1. The molecule has 3 rings (SSSR count). The molecule has 3 aromatic rings. The van der Waals surface area contributed by atoms with Gasteiger partial charge in [0.15, 0.2) is 0 Å². The lowest BCUT2D eigenvalue weighted by molar-refractivity contribution is 0.0926. The first kappa shape index (κ1) is 18.6. The van der Waals surface area contributed by atoms with E-state index in [9.17, 15) is 9.18 Å². The van der Waals surface area contributed by atoms with E-state index >= 15 is 0 Å². The van der Waals surface area contributed by atoms with Gasteiger partial charge in [0.05, 0.1) is 34.7 Å². The molecule has 0 bridgehead atoms. The van der Waals surface area contributed by atoms with E-state index in [2.05, 4.69) is 22.0 Å². The van der Waals surface area contributed by atoms with Crippen LogP contribution in [0.2, 0.25) is 0 Å². The summed E-state index contributed by atoms with van der Waals surface area (Å²) in [6.45, 7) is 7.60. The zero-order valence-electron chi connectivity index (χ0n) is 15.1. The lowest BCUT2D eigenvalue weighted by atomic mass is 9.92. The number of fused-ring (bicyclic) bond motifs is 1. The minimum absolute atomic E-state index is 0.302. The van der Waals surface area contributed by atoms with Crippen molar-refractivity contribution in [1.29, 1.82) is 0 Å². The average molecular weight is 360 g/mol. The molecule has 0 aliphatic rings. The normalized spacial score (nSPS) is 11.8. The number of nitrogens with one attached hydrogen (secondary N) is 1. The van der Waals surface area contributed by atoms with Gasteiger partial charge in [-0.05, 0) is 43.7 Å². The summed E-state index contributed by atoms with van der Waals surface area (Å²) in [6.07, 6.45) is 6.35. The van der Waals surface area contributed by atoms with Crippen LogP contribution in [0.4, 0.5) is 4.39 Å². The van der Waals surface area contributed by atoms with E-state index in [4.69, 9.17) is 7.85 Å². The molecule has 134 valence electrons. The number of carbonyl (C=O) groups excluding carboxylic acids is 1. The summed E-state index contributed by atoms with van der Waals surface area (Å²) in [7, 11) is 5.41. The minimum Gasteiger partial charge on any atom is -0.343 e. The summed E-state index contributed by atoms with van der Waals surface area (Å²) in [5.74, 6) is 0.747. The molecule has 2 radical (unpaired) electrons. The molecule has 0 fully saturated rings. The minimum atomic E-state index is -0.692. The predicted octanol–water partition coefficient (Wildman–Crippen LogP) is 3.31. The van der Waals surface area contributed by atoms with Crippen LogP contribution < -0.4 is 5.32 Å². The second kappa shape index (κ2) is 7.19. The van der Waals surface area contributed by atoms with Gasteiger partial charge >= 0.3 is 0 Å². The van der Waals surface area contributed by atoms with Crippen LogP contribution in [-0.2, 0) is 0 Å². The van der Waals surface area contributed by atoms with Gasteiger partial charge in [-0.3, -0.25) is 9.78 Å². The van der Waals surface area contributed by atoms with Crippen molar-refractivity contribution < 1.29 is 9.18 Å². The van der Waals surface area contributed by atoms with Gasteiger partial charge in [-0.15, -0.1) is 5.98 Å². The number of aromatic nitrogens is 3. The van der Waals surface area contributed by atoms with Gasteiger partial charge < -0.3 is 5.32 Å². The Labute approximate surface area is 158 Å². The Morgan fingerprint density at radius 2 is 1.96 bits per heavy atom. The molecular formula is C20H18BFN4O. The monoisotopic (exact) mass is 360 g/mol. The topological polar surface area (TPSA) is 59.8 Å². The van der Waals surface area contributed by atoms with E-state index in [1.54, 1.807) is 35.3 Å². The van der Waals surface area contributed by atoms with Gasteiger partial charge in [-0.2, -0.15) is 5.10 Å². The molecule has 2 heterocycles. The number of halogens is 1.